The molecule has 1 aromatic heterocycles. The van der Waals surface area contributed by atoms with Crippen LogP contribution in [0.5, 0.6) is 0 Å². The van der Waals surface area contributed by atoms with Crippen molar-refractivity contribution >= 4 is 45.8 Å². The van der Waals surface area contributed by atoms with Crippen LogP contribution < -0.4 is 0 Å². The maximum atomic E-state index is 5.62. The Bertz CT molecular complexity index is 671. The maximum Gasteiger partial charge on any atom is 0.178 e. The van der Waals surface area contributed by atoms with Gasteiger partial charge in [0.15, 0.2) is 4.77 Å². The fourth-order valence-corrected chi connectivity index (χ4v) is 4.51. The molecule has 1 saturated carbocycles. The van der Waals surface area contributed by atoms with Crippen LogP contribution in [0.1, 0.15) is 45.6 Å². The lowest BCUT2D eigenvalue weighted by Gasteiger charge is -2.35. The molecular formula is C16H21IN2S. The van der Waals surface area contributed by atoms with E-state index in [1.54, 1.807) is 0 Å². The molecule has 1 aliphatic carbocycles. The molecule has 2 atom stereocenters. The zero-order valence-electron chi connectivity index (χ0n) is 12.0. The molecule has 0 amide bonds. The minimum absolute atomic E-state index is 0.560. The van der Waals surface area contributed by atoms with Crippen molar-refractivity contribution in [3.05, 3.63) is 26.5 Å². The summed E-state index contributed by atoms with van der Waals surface area (Å²) in [5, 5.41) is 0. The molecule has 0 radical (unpaired) electrons. The highest BCUT2D eigenvalue weighted by Gasteiger charge is 2.30. The monoisotopic (exact) mass is 400 g/mol. The third-order valence-corrected chi connectivity index (χ3v) is 5.62. The average molecular weight is 400 g/mol. The fourth-order valence-electron chi connectivity index (χ4n) is 3.67. The smallest absolute Gasteiger partial charge is 0.178 e. The molecule has 0 aliphatic heterocycles. The highest BCUT2D eigenvalue weighted by Crippen LogP contribution is 2.40. The van der Waals surface area contributed by atoms with Gasteiger partial charge < -0.3 is 9.55 Å². The second-order valence-corrected chi connectivity index (χ2v) is 7.85. The van der Waals surface area contributed by atoms with E-state index in [1.165, 1.54) is 40.3 Å². The summed E-state index contributed by atoms with van der Waals surface area (Å²) < 4.78 is 4.53. The first kappa shape index (κ1) is 14.6. The molecule has 2 unspecified atom stereocenters. The van der Waals surface area contributed by atoms with Crippen molar-refractivity contribution in [1.82, 2.24) is 9.55 Å². The van der Waals surface area contributed by atoms with Crippen LogP contribution in [-0.4, -0.2) is 9.55 Å². The molecule has 4 heteroatoms. The van der Waals surface area contributed by atoms with Crippen LogP contribution in [-0.2, 0) is 0 Å². The number of nitrogens with zero attached hydrogens (tertiary/aromatic N) is 1. The van der Waals surface area contributed by atoms with Gasteiger partial charge in [0.25, 0.3) is 0 Å². The van der Waals surface area contributed by atoms with Gasteiger partial charge in [0.05, 0.1) is 11.0 Å². The Hall–Kier alpha value is -0.360. The molecule has 1 N–H and O–H groups in total. The Morgan fingerprint density at radius 1 is 1.30 bits per heavy atom. The van der Waals surface area contributed by atoms with E-state index in [2.05, 4.69) is 64.2 Å². The van der Waals surface area contributed by atoms with Crippen molar-refractivity contribution in [1.29, 1.82) is 0 Å². The number of fused-ring (bicyclic) bond motifs is 1. The Kier molecular flexibility index (Phi) is 4.22. The van der Waals surface area contributed by atoms with E-state index in [0.717, 1.165) is 16.6 Å². The molecule has 3 rings (SSSR count). The zero-order valence-corrected chi connectivity index (χ0v) is 15.0. The van der Waals surface area contributed by atoms with Gasteiger partial charge in [0.1, 0.15) is 0 Å². The number of imidazole rings is 1. The van der Waals surface area contributed by atoms with Gasteiger partial charge in [-0.1, -0.05) is 26.7 Å². The maximum absolute atomic E-state index is 5.62. The van der Waals surface area contributed by atoms with Crippen LogP contribution in [0.2, 0.25) is 0 Å². The summed E-state index contributed by atoms with van der Waals surface area (Å²) >= 11 is 7.98. The summed E-state index contributed by atoms with van der Waals surface area (Å²) in [6, 6.07) is 7.14. The summed E-state index contributed by atoms with van der Waals surface area (Å²) in [6.07, 6.45) is 5.29. The van der Waals surface area contributed by atoms with Crippen molar-refractivity contribution < 1.29 is 0 Å². The van der Waals surface area contributed by atoms with E-state index in [4.69, 9.17) is 12.2 Å². The summed E-state index contributed by atoms with van der Waals surface area (Å²) in [5.74, 6) is 1.46. The number of aromatic nitrogens is 2. The molecule has 20 heavy (non-hydrogen) atoms. The van der Waals surface area contributed by atoms with Crippen molar-refractivity contribution in [2.75, 3.05) is 0 Å². The molecule has 2 nitrogen and oxygen atoms in total. The number of rotatable bonds is 2. The van der Waals surface area contributed by atoms with E-state index in [9.17, 15) is 0 Å². The molecule has 108 valence electrons. The van der Waals surface area contributed by atoms with E-state index in [0.29, 0.717) is 6.04 Å². The molecule has 2 aromatic rings. The van der Waals surface area contributed by atoms with Crippen LogP contribution in [0.15, 0.2) is 18.2 Å². The van der Waals surface area contributed by atoms with Crippen molar-refractivity contribution in [3.63, 3.8) is 0 Å². The van der Waals surface area contributed by atoms with Gasteiger partial charge >= 0.3 is 0 Å². The summed E-state index contributed by atoms with van der Waals surface area (Å²) in [4.78, 5) is 3.40. The molecular weight excluding hydrogens is 379 g/mol. The van der Waals surface area contributed by atoms with E-state index in [1.807, 2.05) is 0 Å². The minimum atomic E-state index is 0.560. The van der Waals surface area contributed by atoms with Gasteiger partial charge in [0, 0.05) is 9.61 Å². The van der Waals surface area contributed by atoms with Gasteiger partial charge in [-0.2, -0.15) is 0 Å². The normalized spacial score (nSPS) is 23.6. The molecule has 1 aromatic carbocycles. The minimum Gasteiger partial charge on any atom is -0.331 e. The molecule has 1 aliphatic rings. The largest absolute Gasteiger partial charge is 0.331 e. The topological polar surface area (TPSA) is 20.7 Å². The van der Waals surface area contributed by atoms with Crippen LogP contribution in [0.4, 0.5) is 0 Å². The predicted molar refractivity (Wildman–Crippen MR) is 95.7 cm³/mol. The van der Waals surface area contributed by atoms with Crippen molar-refractivity contribution in [2.45, 2.75) is 45.6 Å². The van der Waals surface area contributed by atoms with E-state index >= 15 is 0 Å². The summed E-state index contributed by atoms with van der Waals surface area (Å²) in [7, 11) is 0. The Labute approximate surface area is 139 Å². The van der Waals surface area contributed by atoms with Crippen LogP contribution in [0.25, 0.3) is 11.0 Å². The van der Waals surface area contributed by atoms with Gasteiger partial charge in [0.2, 0.25) is 0 Å². The van der Waals surface area contributed by atoms with Crippen LogP contribution in [0.3, 0.4) is 0 Å². The number of nitrogens with one attached hydrogen (secondary N) is 1. The summed E-state index contributed by atoms with van der Waals surface area (Å²) in [5.41, 5.74) is 2.45. The first-order valence-electron chi connectivity index (χ1n) is 7.47. The second-order valence-electron chi connectivity index (χ2n) is 6.22. The first-order valence-corrected chi connectivity index (χ1v) is 8.96. The highest BCUT2D eigenvalue weighted by molar-refractivity contribution is 14.1. The number of aromatic amines is 1. The number of benzene rings is 1. The number of H-pyrrole nitrogens is 1. The molecule has 0 spiro atoms. The lowest BCUT2D eigenvalue weighted by atomic mass is 9.77. The van der Waals surface area contributed by atoms with Gasteiger partial charge in [-0.05, 0) is 77.7 Å². The van der Waals surface area contributed by atoms with Gasteiger partial charge in [-0.3, -0.25) is 0 Å². The third-order valence-electron chi connectivity index (χ3n) is 4.65. The number of halogens is 1. The Balaban J connectivity index is 2.12. The second kappa shape index (κ2) is 5.79. The molecule has 0 saturated heterocycles. The Morgan fingerprint density at radius 2 is 2.05 bits per heavy atom. The van der Waals surface area contributed by atoms with E-state index < -0.39 is 0 Å². The number of hydrogen-bond acceptors (Lipinski definition) is 1. The highest BCUT2D eigenvalue weighted by atomic mass is 127. The van der Waals surface area contributed by atoms with Gasteiger partial charge in [-0.15, -0.1) is 0 Å². The summed E-state index contributed by atoms with van der Waals surface area (Å²) in [6.45, 7) is 4.70. The van der Waals surface area contributed by atoms with Crippen molar-refractivity contribution in [2.24, 2.45) is 11.8 Å². The van der Waals surface area contributed by atoms with Crippen LogP contribution in [0, 0.1) is 20.2 Å². The van der Waals surface area contributed by atoms with Gasteiger partial charge in [-0.25, -0.2) is 0 Å². The standard InChI is InChI=1S/C16H21IN2S/c1-10(2)12-5-3-4-6-14(12)19-15-8-7-11(17)9-13(15)18-16(19)20/h7-10,12,14H,3-6H2,1-2H3,(H,18,20). The number of hydrogen-bond donors (Lipinski definition) is 1. The lowest BCUT2D eigenvalue weighted by molar-refractivity contribution is 0.186. The lowest BCUT2D eigenvalue weighted by Crippen LogP contribution is -2.27. The molecule has 1 fully saturated rings. The molecule has 0 bridgehead atoms. The molecule has 1 heterocycles. The zero-order chi connectivity index (χ0) is 14.3. The predicted octanol–water partition coefficient (Wildman–Crippen LogP) is 5.69. The first-order chi connectivity index (χ1) is 9.58. The quantitative estimate of drug-likeness (QED) is 0.507. The van der Waals surface area contributed by atoms with Crippen LogP contribution >= 0.6 is 34.8 Å². The Morgan fingerprint density at radius 3 is 2.80 bits per heavy atom. The SMILES string of the molecule is CC(C)C1CCCCC1n1c(=S)[nH]c2cc(I)ccc21. The average Bonchev–Trinajstić information content (AvgIpc) is 2.73. The third kappa shape index (κ3) is 2.56. The van der Waals surface area contributed by atoms with E-state index in [-0.39, 0.29) is 0 Å². The fraction of sp³-hybridized carbons (Fsp3) is 0.562. The van der Waals surface area contributed by atoms with Crippen molar-refractivity contribution in [3.8, 4) is 0 Å².